The molecule has 2 saturated heterocycles. The van der Waals surface area contributed by atoms with E-state index in [4.69, 9.17) is 4.74 Å². The first-order valence-electron chi connectivity index (χ1n) is 11.4. The van der Waals surface area contributed by atoms with E-state index in [0.29, 0.717) is 32.8 Å². The van der Waals surface area contributed by atoms with Gasteiger partial charge in [-0.2, -0.15) is 4.31 Å². The number of hydrogen-bond donors (Lipinski definition) is 0. The fourth-order valence-electron chi connectivity index (χ4n) is 4.23. The predicted octanol–water partition coefficient (Wildman–Crippen LogP) is 2.98. The Balaban J connectivity index is 1.38. The van der Waals surface area contributed by atoms with Crippen molar-refractivity contribution in [3.05, 3.63) is 65.7 Å². The molecule has 176 valence electrons. The van der Waals surface area contributed by atoms with Crippen LogP contribution in [-0.4, -0.2) is 70.0 Å². The third-order valence-corrected chi connectivity index (χ3v) is 8.04. The number of amides is 1. The van der Waals surface area contributed by atoms with Crippen LogP contribution in [0.5, 0.6) is 0 Å². The Bertz CT molecular complexity index is 1090. The zero-order valence-corrected chi connectivity index (χ0v) is 19.8. The van der Waals surface area contributed by atoms with Gasteiger partial charge in [0.2, 0.25) is 15.9 Å². The van der Waals surface area contributed by atoms with Gasteiger partial charge < -0.3 is 14.5 Å². The highest BCUT2D eigenvalue weighted by atomic mass is 32.2. The largest absolute Gasteiger partial charge is 0.379 e. The molecular weight excluding hydrogens is 438 g/mol. The van der Waals surface area contributed by atoms with Crippen LogP contribution >= 0.6 is 0 Å². The molecule has 0 aliphatic carbocycles. The number of morpholine rings is 1. The van der Waals surface area contributed by atoms with Crippen molar-refractivity contribution in [2.24, 2.45) is 0 Å². The molecule has 4 rings (SSSR count). The van der Waals surface area contributed by atoms with Crippen LogP contribution in [0.2, 0.25) is 0 Å². The number of carbonyl (C=O) groups excluding carboxylic acids is 1. The molecule has 0 bridgehead atoms. The average Bonchev–Trinajstić information content (AvgIpc) is 3.38. The predicted molar refractivity (Wildman–Crippen MR) is 129 cm³/mol. The number of benzene rings is 2. The van der Waals surface area contributed by atoms with E-state index in [1.165, 1.54) is 28.9 Å². The molecule has 0 saturated carbocycles. The van der Waals surface area contributed by atoms with Crippen molar-refractivity contribution in [3.63, 3.8) is 0 Å². The third-order valence-electron chi connectivity index (χ3n) is 6.13. The molecule has 0 unspecified atom stereocenters. The first-order valence-corrected chi connectivity index (χ1v) is 12.8. The quantitative estimate of drug-likeness (QED) is 0.583. The number of hydrogen-bond acceptors (Lipinski definition) is 5. The number of sulfonamides is 1. The van der Waals surface area contributed by atoms with Crippen molar-refractivity contribution in [2.75, 3.05) is 51.3 Å². The molecular formula is C25H31N3O4S. The van der Waals surface area contributed by atoms with Crippen LogP contribution in [-0.2, 0) is 26.1 Å². The Morgan fingerprint density at radius 3 is 2.36 bits per heavy atom. The Morgan fingerprint density at radius 1 is 1.00 bits per heavy atom. The van der Waals surface area contributed by atoms with Crippen LogP contribution in [0.1, 0.15) is 24.0 Å². The summed E-state index contributed by atoms with van der Waals surface area (Å²) in [4.78, 5) is 17.0. The maximum absolute atomic E-state index is 12.7. The number of nitrogens with zero attached hydrogens (tertiary/aromatic N) is 3. The van der Waals surface area contributed by atoms with Crippen LogP contribution in [0.4, 0.5) is 5.69 Å². The number of anilines is 1. The number of para-hydroxylation sites is 1. The summed E-state index contributed by atoms with van der Waals surface area (Å²) in [5.74, 6) is -0.101. The first kappa shape index (κ1) is 23.5. The standard InChI is InChI=1S/C25H31N3O4S/c1-26(20-22-6-2-3-7-24(22)27-14-4-5-15-27)25(29)13-10-21-8-11-23(12-9-21)33(30,31)28-16-18-32-19-17-28/h2-3,6-13H,4-5,14-20H2,1H3/b13-10+. The van der Waals surface area contributed by atoms with Crippen LogP contribution < -0.4 is 4.90 Å². The highest BCUT2D eigenvalue weighted by Gasteiger charge is 2.26. The van der Waals surface area contributed by atoms with Crippen molar-refractivity contribution in [1.29, 1.82) is 0 Å². The van der Waals surface area contributed by atoms with Crippen molar-refractivity contribution in [2.45, 2.75) is 24.3 Å². The minimum absolute atomic E-state index is 0.101. The Morgan fingerprint density at radius 2 is 1.67 bits per heavy atom. The summed E-state index contributed by atoms with van der Waals surface area (Å²) in [6, 6.07) is 14.9. The lowest BCUT2D eigenvalue weighted by atomic mass is 10.1. The van der Waals surface area contributed by atoms with E-state index in [-0.39, 0.29) is 10.8 Å². The SMILES string of the molecule is CN(Cc1ccccc1N1CCCC1)C(=O)/C=C/c1ccc(S(=O)(=O)N2CCOCC2)cc1. The number of carbonyl (C=O) groups is 1. The summed E-state index contributed by atoms with van der Waals surface area (Å²) >= 11 is 0. The molecule has 0 atom stereocenters. The number of rotatable bonds is 7. The number of likely N-dealkylation sites (N-methyl/N-ethyl adjacent to an activating group) is 1. The van der Waals surface area contributed by atoms with Crippen LogP contribution in [0.15, 0.2) is 59.5 Å². The van der Waals surface area contributed by atoms with Gasteiger partial charge in [-0.15, -0.1) is 0 Å². The van der Waals surface area contributed by atoms with Gasteiger partial charge in [-0.05, 0) is 48.2 Å². The highest BCUT2D eigenvalue weighted by Crippen LogP contribution is 2.25. The van der Waals surface area contributed by atoms with Crippen LogP contribution in [0.25, 0.3) is 6.08 Å². The normalized spacial score (nSPS) is 17.5. The monoisotopic (exact) mass is 469 g/mol. The maximum atomic E-state index is 12.7. The van der Waals surface area contributed by atoms with Crippen molar-refractivity contribution in [1.82, 2.24) is 9.21 Å². The maximum Gasteiger partial charge on any atom is 0.246 e. The van der Waals surface area contributed by atoms with E-state index in [1.54, 1.807) is 42.3 Å². The Hall–Kier alpha value is -2.68. The molecule has 8 heteroatoms. The second-order valence-electron chi connectivity index (χ2n) is 8.44. The summed E-state index contributed by atoms with van der Waals surface area (Å²) in [5, 5.41) is 0. The zero-order chi connectivity index (χ0) is 23.3. The molecule has 0 aromatic heterocycles. The molecule has 0 radical (unpaired) electrons. The van der Waals surface area contributed by atoms with E-state index in [1.807, 2.05) is 12.1 Å². The summed E-state index contributed by atoms with van der Waals surface area (Å²) in [7, 11) is -1.72. The molecule has 7 nitrogen and oxygen atoms in total. The molecule has 2 heterocycles. The molecule has 1 amide bonds. The molecule has 2 fully saturated rings. The molecule has 2 aliphatic heterocycles. The van der Waals surface area contributed by atoms with E-state index in [9.17, 15) is 13.2 Å². The second-order valence-corrected chi connectivity index (χ2v) is 10.4. The molecule has 0 spiro atoms. The van der Waals surface area contributed by atoms with Crippen molar-refractivity contribution >= 4 is 27.7 Å². The van der Waals surface area contributed by atoms with Gasteiger partial charge in [-0.1, -0.05) is 30.3 Å². The van der Waals surface area contributed by atoms with Crippen molar-refractivity contribution in [3.8, 4) is 0 Å². The van der Waals surface area contributed by atoms with Gasteiger partial charge >= 0.3 is 0 Å². The second kappa shape index (κ2) is 10.5. The summed E-state index contributed by atoms with van der Waals surface area (Å²) < 4.78 is 32.2. The first-order chi connectivity index (χ1) is 15.9. The van der Waals surface area contributed by atoms with Gasteiger partial charge in [0.05, 0.1) is 18.1 Å². The van der Waals surface area contributed by atoms with Gasteiger partial charge in [0.25, 0.3) is 0 Å². The fraction of sp³-hybridized carbons (Fsp3) is 0.400. The summed E-state index contributed by atoms with van der Waals surface area (Å²) in [6.07, 6.45) is 5.66. The van der Waals surface area contributed by atoms with Gasteiger partial charge in [0.15, 0.2) is 0 Å². The molecule has 2 aromatic rings. The molecule has 2 aliphatic rings. The van der Waals surface area contributed by atoms with Gasteiger partial charge in [-0.25, -0.2) is 8.42 Å². The molecule has 2 aromatic carbocycles. The van der Waals surface area contributed by atoms with Gasteiger partial charge in [0.1, 0.15) is 0 Å². The highest BCUT2D eigenvalue weighted by molar-refractivity contribution is 7.89. The van der Waals surface area contributed by atoms with Crippen molar-refractivity contribution < 1.29 is 17.9 Å². The number of ether oxygens (including phenoxy) is 1. The minimum atomic E-state index is -3.52. The van der Waals surface area contributed by atoms with E-state index in [0.717, 1.165) is 24.2 Å². The lowest BCUT2D eigenvalue weighted by Crippen LogP contribution is -2.40. The minimum Gasteiger partial charge on any atom is -0.379 e. The van der Waals surface area contributed by atoms with E-state index >= 15 is 0 Å². The fourth-order valence-corrected chi connectivity index (χ4v) is 5.63. The van der Waals surface area contributed by atoms with E-state index < -0.39 is 10.0 Å². The lowest BCUT2D eigenvalue weighted by molar-refractivity contribution is -0.125. The van der Waals surface area contributed by atoms with Gasteiger partial charge in [-0.3, -0.25) is 4.79 Å². The lowest BCUT2D eigenvalue weighted by Gasteiger charge is -2.26. The topological polar surface area (TPSA) is 70.2 Å². The Labute approximate surface area is 196 Å². The zero-order valence-electron chi connectivity index (χ0n) is 19.0. The summed E-state index contributed by atoms with van der Waals surface area (Å²) in [5.41, 5.74) is 3.12. The summed E-state index contributed by atoms with van der Waals surface area (Å²) in [6.45, 7) is 4.22. The average molecular weight is 470 g/mol. The van der Waals surface area contributed by atoms with E-state index in [2.05, 4.69) is 17.0 Å². The smallest absolute Gasteiger partial charge is 0.246 e. The third kappa shape index (κ3) is 5.63. The van der Waals surface area contributed by atoms with Crippen LogP contribution in [0, 0.1) is 0 Å². The molecule has 33 heavy (non-hydrogen) atoms. The molecule has 0 N–H and O–H groups in total. The Kier molecular flexibility index (Phi) is 7.47. The van der Waals surface area contributed by atoms with Crippen LogP contribution in [0.3, 0.4) is 0 Å². The van der Waals surface area contributed by atoms with Gasteiger partial charge in [0, 0.05) is 51.5 Å².